The number of sulfone groups is 2. The van der Waals surface area contributed by atoms with Crippen molar-refractivity contribution in [3.8, 4) is 0 Å². The highest BCUT2D eigenvalue weighted by Crippen LogP contribution is 2.50. The van der Waals surface area contributed by atoms with Crippen LogP contribution >= 0.6 is 11.6 Å². The van der Waals surface area contributed by atoms with Crippen LogP contribution in [0, 0.1) is 0 Å². The molecule has 0 aliphatic rings. The number of carbonyl (C=O) groups is 1. The molecule has 0 spiro atoms. The molecule has 1 atom stereocenters. The number of hydrogen-bond acceptors (Lipinski definition) is 6. The van der Waals surface area contributed by atoms with Crippen LogP contribution in [0.2, 0.25) is 5.02 Å². The van der Waals surface area contributed by atoms with Gasteiger partial charge in [-0.05, 0) is 42.0 Å². The Morgan fingerprint density at radius 2 is 1.26 bits per heavy atom. The molecule has 34 heavy (non-hydrogen) atoms. The van der Waals surface area contributed by atoms with Crippen LogP contribution in [0.15, 0.2) is 107 Å². The first-order valence-corrected chi connectivity index (χ1v) is 13.1. The molecule has 178 valence electrons. The molecular weight excluding hydrogens is 503 g/mol. The van der Waals surface area contributed by atoms with Crippen LogP contribution in [0.25, 0.3) is 0 Å². The van der Waals surface area contributed by atoms with Crippen LogP contribution in [0.3, 0.4) is 0 Å². The number of methoxy groups -OCH3 is 1. The Balaban J connectivity index is 2.47. The van der Waals surface area contributed by atoms with Crippen molar-refractivity contribution in [3.63, 3.8) is 0 Å². The molecule has 3 aromatic rings. The van der Waals surface area contributed by atoms with Crippen molar-refractivity contribution in [1.82, 2.24) is 0 Å². The first kappa shape index (κ1) is 25.6. The zero-order valence-electron chi connectivity index (χ0n) is 17.9. The van der Waals surface area contributed by atoms with E-state index in [0.717, 1.165) is 31.4 Å². The van der Waals surface area contributed by atoms with E-state index in [4.69, 9.17) is 11.6 Å². The molecule has 10 heteroatoms. The number of alkyl halides is 1. The zero-order valence-corrected chi connectivity index (χ0v) is 20.3. The molecule has 6 nitrogen and oxygen atoms in total. The van der Waals surface area contributed by atoms with Crippen LogP contribution in [-0.4, -0.2) is 34.2 Å². The SMILES string of the molecule is C=C(C(=O)OC)[C@@H](c1ccc(Cl)cc1)C(F)(S(=O)(=O)c1ccccc1)S(=O)(=O)c1ccccc1. The Hall–Kier alpha value is -3.01. The van der Waals surface area contributed by atoms with Crippen molar-refractivity contribution < 1.29 is 30.8 Å². The Kier molecular flexibility index (Phi) is 7.30. The second-order valence-corrected chi connectivity index (χ2v) is 12.1. The van der Waals surface area contributed by atoms with Gasteiger partial charge in [0, 0.05) is 10.6 Å². The number of halogens is 2. The van der Waals surface area contributed by atoms with Crippen LogP contribution in [-0.2, 0) is 29.2 Å². The lowest BCUT2D eigenvalue weighted by molar-refractivity contribution is -0.136. The standard InChI is InChI=1S/C24H20ClFO6S2/c1-17(23(27)32-2)22(18-13-15-19(25)16-14-18)24(26,33(28,29)20-9-5-3-6-10-20)34(30,31)21-11-7-4-8-12-21/h3-16,22H,1H2,2H3/t22-/m0/s1. The predicted octanol–water partition coefficient (Wildman–Crippen LogP) is 4.72. The van der Waals surface area contributed by atoms with Gasteiger partial charge in [-0.15, -0.1) is 0 Å². The van der Waals surface area contributed by atoms with Gasteiger partial charge in [-0.25, -0.2) is 26.0 Å². The van der Waals surface area contributed by atoms with Gasteiger partial charge >= 0.3 is 10.3 Å². The lowest BCUT2D eigenvalue weighted by Gasteiger charge is -2.33. The largest absolute Gasteiger partial charge is 0.466 e. The first-order chi connectivity index (χ1) is 16.0. The number of hydrogen-bond donors (Lipinski definition) is 0. The summed E-state index contributed by atoms with van der Waals surface area (Å²) in [6.45, 7) is 3.53. The summed E-state index contributed by atoms with van der Waals surface area (Å²) in [6.07, 6.45) is 0. The van der Waals surface area contributed by atoms with Crippen LogP contribution in [0.4, 0.5) is 4.39 Å². The van der Waals surface area contributed by atoms with Gasteiger partial charge in [0.1, 0.15) is 0 Å². The zero-order chi connectivity index (χ0) is 25.1. The fourth-order valence-corrected chi connectivity index (χ4v) is 8.20. The van der Waals surface area contributed by atoms with E-state index in [1.807, 2.05) is 0 Å². The third-order valence-electron chi connectivity index (χ3n) is 5.18. The van der Waals surface area contributed by atoms with Crippen molar-refractivity contribution in [3.05, 3.63) is 108 Å². The van der Waals surface area contributed by atoms with E-state index >= 15 is 4.39 Å². The Labute approximate surface area is 202 Å². The smallest absolute Gasteiger partial charge is 0.333 e. The molecule has 0 aromatic heterocycles. The lowest BCUT2D eigenvalue weighted by atomic mass is 9.92. The first-order valence-electron chi connectivity index (χ1n) is 9.79. The monoisotopic (exact) mass is 522 g/mol. The molecule has 0 heterocycles. The molecule has 0 aliphatic heterocycles. The van der Waals surface area contributed by atoms with Gasteiger partial charge in [0.25, 0.3) is 0 Å². The van der Waals surface area contributed by atoms with Gasteiger partial charge in [0.2, 0.25) is 19.7 Å². The van der Waals surface area contributed by atoms with Gasteiger partial charge in [-0.3, -0.25) is 0 Å². The molecule has 0 amide bonds. The highest BCUT2D eigenvalue weighted by molar-refractivity contribution is 8.10. The summed E-state index contributed by atoms with van der Waals surface area (Å²) >= 11 is 5.93. The molecule has 0 saturated carbocycles. The van der Waals surface area contributed by atoms with Crippen LogP contribution in [0.1, 0.15) is 11.5 Å². The third-order valence-corrected chi connectivity index (χ3v) is 10.5. The molecule has 3 aromatic carbocycles. The summed E-state index contributed by atoms with van der Waals surface area (Å²) in [4.78, 5) is 11.3. The molecule has 0 fully saturated rings. The molecule has 0 saturated heterocycles. The molecule has 0 radical (unpaired) electrons. The third kappa shape index (κ3) is 4.26. The second kappa shape index (κ2) is 9.69. The van der Waals surface area contributed by atoms with E-state index in [2.05, 4.69) is 11.3 Å². The maximum atomic E-state index is 17.4. The predicted molar refractivity (Wildman–Crippen MR) is 126 cm³/mol. The number of esters is 1. The Bertz CT molecular complexity index is 1340. The summed E-state index contributed by atoms with van der Waals surface area (Å²) in [7, 11) is -9.62. The molecular formula is C24H20ClFO6S2. The fraction of sp³-hybridized carbons (Fsp3) is 0.125. The summed E-state index contributed by atoms with van der Waals surface area (Å²) in [5.74, 6) is -3.36. The summed E-state index contributed by atoms with van der Waals surface area (Å²) < 4.78 is 73.2. The Morgan fingerprint density at radius 1 is 0.853 bits per heavy atom. The lowest BCUT2D eigenvalue weighted by Crippen LogP contribution is -2.48. The minimum Gasteiger partial charge on any atom is -0.466 e. The van der Waals surface area contributed by atoms with E-state index in [9.17, 15) is 21.6 Å². The van der Waals surface area contributed by atoms with Gasteiger partial charge in [-0.2, -0.15) is 0 Å². The number of rotatable bonds is 8. The number of benzene rings is 3. The molecule has 0 aliphatic carbocycles. The van der Waals surface area contributed by atoms with Crippen molar-refractivity contribution in [2.24, 2.45) is 0 Å². The van der Waals surface area contributed by atoms with Crippen LogP contribution in [0.5, 0.6) is 0 Å². The van der Waals surface area contributed by atoms with Gasteiger partial charge in [-0.1, -0.05) is 66.7 Å². The van der Waals surface area contributed by atoms with Crippen LogP contribution < -0.4 is 0 Å². The topological polar surface area (TPSA) is 94.6 Å². The summed E-state index contributed by atoms with van der Waals surface area (Å²) in [5.41, 5.74) is -0.854. The molecule has 3 rings (SSSR count). The van der Waals surface area contributed by atoms with E-state index in [1.165, 1.54) is 60.7 Å². The average molecular weight is 523 g/mol. The van der Waals surface area contributed by atoms with E-state index in [-0.39, 0.29) is 10.6 Å². The Morgan fingerprint density at radius 3 is 1.65 bits per heavy atom. The number of ether oxygens (including phenoxy) is 1. The van der Waals surface area contributed by atoms with Crippen molar-refractivity contribution in [2.45, 2.75) is 20.0 Å². The van der Waals surface area contributed by atoms with Crippen molar-refractivity contribution in [1.29, 1.82) is 0 Å². The van der Waals surface area contributed by atoms with Gasteiger partial charge in [0.05, 0.1) is 22.8 Å². The highest BCUT2D eigenvalue weighted by atomic mass is 35.5. The van der Waals surface area contributed by atoms with E-state index in [1.54, 1.807) is 0 Å². The normalized spacial score (nSPS) is 13.1. The van der Waals surface area contributed by atoms with E-state index in [0.29, 0.717) is 0 Å². The molecule has 0 unspecified atom stereocenters. The molecule has 0 N–H and O–H groups in total. The van der Waals surface area contributed by atoms with Gasteiger partial charge in [0.15, 0.2) is 0 Å². The van der Waals surface area contributed by atoms with E-state index < -0.39 is 51.3 Å². The maximum absolute atomic E-state index is 17.4. The average Bonchev–Trinajstić information content (AvgIpc) is 2.85. The van der Waals surface area contributed by atoms with Gasteiger partial charge < -0.3 is 4.74 Å². The maximum Gasteiger partial charge on any atom is 0.333 e. The second-order valence-electron chi connectivity index (χ2n) is 7.22. The molecule has 0 bridgehead atoms. The number of carbonyl (C=O) groups excluding carboxylic acids is 1. The quantitative estimate of drug-likeness (QED) is 0.314. The summed E-state index contributed by atoms with van der Waals surface area (Å²) in [6, 6.07) is 17.7. The van der Waals surface area contributed by atoms with Crippen molar-refractivity contribution in [2.75, 3.05) is 7.11 Å². The minimum atomic E-state index is -5.31. The minimum absolute atomic E-state index is 0.152. The van der Waals surface area contributed by atoms with Crippen molar-refractivity contribution >= 4 is 37.2 Å². The highest BCUT2D eigenvalue weighted by Gasteiger charge is 2.64. The fourth-order valence-electron chi connectivity index (χ4n) is 3.49. The summed E-state index contributed by atoms with van der Waals surface area (Å²) in [5, 5.41) is 0.229.